The lowest BCUT2D eigenvalue weighted by molar-refractivity contribution is -0.158. The third-order valence-electron chi connectivity index (χ3n) is 9.29. The van der Waals surface area contributed by atoms with Crippen LogP contribution < -0.4 is 10.2 Å². The Kier molecular flexibility index (Phi) is 8.54. The molecule has 1 unspecified atom stereocenters. The average Bonchev–Trinajstić information content (AvgIpc) is 2.85. The number of aromatic nitrogens is 2. The third-order valence-corrected chi connectivity index (χ3v) is 9.85. The number of benzene rings is 1. The quantitative estimate of drug-likeness (QED) is 0.325. The molecule has 0 spiro atoms. The fourth-order valence-electron chi connectivity index (χ4n) is 6.50. The van der Waals surface area contributed by atoms with Crippen molar-refractivity contribution in [2.45, 2.75) is 71.6 Å². The number of likely N-dealkylation sites (tertiary alicyclic amines) is 1. The summed E-state index contributed by atoms with van der Waals surface area (Å²) in [5, 5.41) is 25.0. The number of aliphatic carboxylic acids is 1. The molecular weight excluding hydrogens is 549 g/mol. The molecule has 1 aromatic carbocycles. The van der Waals surface area contributed by atoms with Gasteiger partial charge in [0.2, 0.25) is 5.95 Å². The highest BCUT2D eigenvalue weighted by atomic mass is 35.5. The standard InChI is InChI=1S/C30H41Cl2N5O3/c1-17(2)26(38)24-13-33-29(35-27(24)34-18(3)23-8-7-21(31)10-25(23)32)37-15-20(16-37)19-6-5-9-36(14-19)22-11-30(4,12-22)28(39)40/h7-8,10,13,17-20,22,26,38H,5-6,9,11-12,14-16H2,1-4H3,(H,39,40)(H,33,34,35)/t18-,19+,22?,26?,30?/m1/s1. The first-order valence-corrected chi connectivity index (χ1v) is 15.2. The fraction of sp³-hybridized carbons (Fsp3) is 0.633. The van der Waals surface area contributed by atoms with Gasteiger partial charge in [-0.2, -0.15) is 4.98 Å². The lowest BCUT2D eigenvalue weighted by Gasteiger charge is -2.52. The first-order chi connectivity index (χ1) is 18.9. The zero-order valence-corrected chi connectivity index (χ0v) is 25.3. The number of hydrogen-bond acceptors (Lipinski definition) is 7. The first kappa shape index (κ1) is 29.4. The van der Waals surface area contributed by atoms with Crippen LogP contribution in [0.25, 0.3) is 0 Å². The molecule has 218 valence electrons. The average molecular weight is 591 g/mol. The van der Waals surface area contributed by atoms with Crippen LogP contribution in [-0.4, -0.2) is 63.3 Å². The van der Waals surface area contributed by atoms with Crippen LogP contribution in [0.1, 0.15) is 76.7 Å². The van der Waals surface area contributed by atoms with Crippen molar-refractivity contribution in [1.82, 2.24) is 14.9 Å². The number of rotatable bonds is 9. The Balaban J connectivity index is 1.25. The molecule has 3 aliphatic rings. The molecule has 0 amide bonds. The minimum Gasteiger partial charge on any atom is -0.481 e. The monoisotopic (exact) mass is 589 g/mol. The van der Waals surface area contributed by atoms with Crippen molar-refractivity contribution in [3.8, 4) is 0 Å². The number of nitrogens with zero attached hydrogens (tertiary/aromatic N) is 4. The molecule has 1 aliphatic carbocycles. The molecule has 40 heavy (non-hydrogen) atoms. The van der Waals surface area contributed by atoms with Gasteiger partial charge in [-0.1, -0.05) is 43.1 Å². The Hall–Kier alpha value is -2.13. The van der Waals surface area contributed by atoms with Crippen LogP contribution >= 0.6 is 23.2 Å². The summed E-state index contributed by atoms with van der Waals surface area (Å²) >= 11 is 12.6. The summed E-state index contributed by atoms with van der Waals surface area (Å²) in [5.41, 5.74) is 1.02. The summed E-state index contributed by atoms with van der Waals surface area (Å²) in [6.07, 6.45) is 4.94. The van der Waals surface area contributed by atoms with E-state index in [1.54, 1.807) is 12.3 Å². The summed E-state index contributed by atoms with van der Waals surface area (Å²) in [4.78, 5) is 25.8. The van der Waals surface area contributed by atoms with Gasteiger partial charge >= 0.3 is 5.97 Å². The second kappa shape index (κ2) is 11.6. The second-order valence-electron chi connectivity index (χ2n) is 12.7. The second-order valence-corrected chi connectivity index (χ2v) is 13.5. The Morgan fingerprint density at radius 2 is 1.85 bits per heavy atom. The van der Waals surface area contributed by atoms with Crippen LogP contribution in [0.15, 0.2) is 24.4 Å². The predicted octanol–water partition coefficient (Wildman–Crippen LogP) is 6.05. The van der Waals surface area contributed by atoms with Crippen LogP contribution in [0.4, 0.5) is 11.8 Å². The van der Waals surface area contributed by atoms with E-state index in [4.69, 9.17) is 28.2 Å². The lowest BCUT2D eigenvalue weighted by atomic mass is 9.65. The number of aliphatic hydroxyl groups is 1. The molecule has 3 N–H and O–H groups in total. The zero-order valence-electron chi connectivity index (χ0n) is 23.8. The van der Waals surface area contributed by atoms with E-state index in [-0.39, 0.29) is 12.0 Å². The number of hydrogen-bond donors (Lipinski definition) is 3. The molecule has 0 bridgehead atoms. The topological polar surface area (TPSA) is 102 Å². The summed E-state index contributed by atoms with van der Waals surface area (Å²) < 4.78 is 0. The van der Waals surface area contributed by atoms with Crippen molar-refractivity contribution in [3.63, 3.8) is 0 Å². The number of carboxylic acids is 1. The summed E-state index contributed by atoms with van der Waals surface area (Å²) in [6.45, 7) is 11.8. The van der Waals surface area contributed by atoms with Crippen LogP contribution in [0.5, 0.6) is 0 Å². The third kappa shape index (κ3) is 5.91. The number of carbonyl (C=O) groups is 1. The normalized spacial score (nSPS) is 27.1. The highest BCUT2D eigenvalue weighted by Crippen LogP contribution is 2.45. The van der Waals surface area contributed by atoms with Gasteiger partial charge in [-0.25, -0.2) is 4.98 Å². The Labute approximate surface area is 247 Å². The van der Waals surface area contributed by atoms with E-state index in [0.717, 1.165) is 44.6 Å². The van der Waals surface area contributed by atoms with Crippen molar-refractivity contribution in [2.75, 3.05) is 36.4 Å². The van der Waals surface area contributed by atoms with Gasteiger partial charge in [0, 0.05) is 47.5 Å². The Morgan fingerprint density at radius 3 is 2.50 bits per heavy atom. The minimum absolute atomic E-state index is 0.0103. The highest BCUT2D eigenvalue weighted by Gasteiger charge is 2.49. The van der Waals surface area contributed by atoms with Gasteiger partial charge in [0.05, 0.1) is 17.6 Å². The smallest absolute Gasteiger partial charge is 0.309 e. The largest absolute Gasteiger partial charge is 0.481 e. The number of carboxylic acid groups (broad SMARTS) is 1. The van der Waals surface area contributed by atoms with Crippen LogP contribution in [0.3, 0.4) is 0 Å². The van der Waals surface area contributed by atoms with Gasteiger partial charge < -0.3 is 25.3 Å². The number of anilines is 2. The molecule has 2 aliphatic heterocycles. The zero-order chi connectivity index (χ0) is 28.8. The molecular formula is C30H41Cl2N5O3. The SMILES string of the molecule is CC(C)C(O)c1cnc(N2CC([C@H]3CCCN(C4CC(C)(C(=O)O)C4)C3)C2)nc1N[C@H](C)c1ccc(Cl)cc1Cl. The van der Waals surface area contributed by atoms with E-state index in [1.165, 1.54) is 12.8 Å². The van der Waals surface area contributed by atoms with Gasteiger partial charge in [-0.15, -0.1) is 0 Å². The molecule has 3 fully saturated rings. The van der Waals surface area contributed by atoms with Crippen LogP contribution in [-0.2, 0) is 4.79 Å². The molecule has 1 aromatic heterocycles. The van der Waals surface area contributed by atoms with Crippen LogP contribution in [0.2, 0.25) is 10.0 Å². The summed E-state index contributed by atoms with van der Waals surface area (Å²) in [7, 11) is 0. The minimum atomic E-state index is -0.698. The van der Waals surface area contributed by atoms with Crippen molar-refractivity contribution in [2.24, 2.45) is 23.2 Å². The van der Waals surface area contributed by atoms with Gasteiger partial charge in [-0.3, -0.25) is 4.79 Å². The molecule has 1 saturated carbocycles. The van der Waals surface area contributed by atoms with Crippen LogP contribution in [0, 0.1) is 23.2 Å². The maximum absolute atomic E-state index is 11.5. The first-order valence-electron chi connectivity index (χ1n) is 14.4. The van der Waals surface area contributed by atoms with Crippen molar-refractivity contribution >= 4 is 40.9 Å². The number of aliphatic hydroxyl groups excluding tert-OH is 1. The molecule has 2 aromatic rings. The molecule has 2 saturated heterocycles. The maximum Gasteiger partial charge on any atom is 0.309 e. The van der Waals surface area contributed by atoms with Crippen molar-refractivity contribution < 1.29 is 15.0 Å². The molecule has 0 radical (unpaired) electrons. The van der Waals surface area contributed by atoms with E-state index in [0.29, 0.717) is 45.3 Å². The fourth-order valence-corrected chi connectivity index (χ4v) is 7.08. The van der Waals surface area contributed by atoms with E-state index in [9.17, 15) is 15.0 Å². The molecule has 8 nitrogen and oxygen atoms in total. The van der Waals surface area contributed by atoms with Gasteiger partial charge in [-0.05, 0) is 81.5 Å². The van der Waals surface area contributed by atoms with E-state index in [1.807, 2.05) is 39.8 Å². The van der Waals surface area contributed by atoms with Gasteiger partial charge in [0.25, 0.3) is 0 Å². The van der Waals surface area contributed by atoms with Gasteiger partial charge in [0.1, 0.15) is 5.82 Å². The number of piperidine rings is 1. The number of halogens is 2. The van der Waals surface area contributed by atoms with Crippen molar-refractivity contribution in [3.05, 3.63) is 45.6 Å². The summed E-state index contributed by atoms with van der Waals surface area (Å²) in [6, 6.07) is 5.69. The molecule has 3 atom stereocenters. The molecule has 10 heteroatoms. The molecule has 3 heterocycles. The van der Waals surface area contributed by atoms with Gasteiger partial charge in [0.15, 0.2) is 0 Å². The number of nitrogens with one attached hydrogen (secondary N) is 1. The maximum atomic E-state index is 11.5. The highest BCUT2D eigenvalue weighted by molar-refractivity contribution is 6.35. The Morgan fingerprint density at radius 1 is 1.12 bits per heavy atom. The molecule has 5 rings (SSSR count). The van der Waals surface area contributed by atoms with Crippen molar-refractivity contribution in [1.29, 1.82) is 0 Å². The Bertz CT molecular complexity index is 1230. The van der Waals surface area contributed by atoms with E-state index < -0.39 is 17.5 Å². The van der Waals surface area contributed by atoms with E-state index >= 15 is 0 Å². The summed E-state index contributed by atoms with van der Waals surface area (Å²) in [5.74, 6) is 1.80. The van der Waals surface area contributed by atoms with E-state index in [2.05, 4.69) is 20.1 Å². The predicted molar refractivity (Wildman–Crippen MR) is 159 cm³/mol. The lowest BCUT2D eigenvalue weighted by Crippen LogP contribution is -2.58.